The van der Waals surface area contributed by atoms with Gasteiger partial charge in [-0.05, 0) is 23.8 Å². The van der Waals surface area contributed by atoms with Gasteiger partial charge in [-0.1, -0.05) is 28.1 Å². The van der Waals surface area contributed by atoms with E-state index in [2.05, 4.69) is 30.9 Å². The number of H-pyrrole nitrogens is 1. The van der Waals surface area contributed by atoms with Crippen molar-refractivity contribution in [1.82, 2.24) is 15.0 Å². The van der Waals surface area contributed by atoms with Crippen molar-refractivity contribution in [2.45, 2.75) is 6.42 Å². The third-order valence-corrected chi connectivity index (χ3v) is 3.43. The lowest BCUT2D eigenvalue weighted by Gasteiger charge is -1.98. The Morgan fingerprint density at radius 3 is 2.95 bits per heavy atom. The second-order valence-corrected chi connectivity index (χ2v) is 5.27. The molecule has 2 N–H and O–H groups in total. The summed E-state index contributed by atoms with van der Waals surface area (Å²) in [5.74, 6) is -0.297. The number of imidazole rings is 1. The van der Waals surface area contributed by atoms with Crippen molar-refractivity contribution in [3.8, 4) is 0 Å². The molecule has 0 saturated carbocycles. The monoisotopic (exact) mass is 331 g/mol. The maximum Gasteiger partial charge on any atom is 0.338 e. The number of carboxylic acid groups (broad SMARTS) is 1. The van der Waals surface area contributed by atoms with Crippen LogP contribution in [0.3, 0.4) is 0 Å². The summed E-state index contributed by atoms with van der Waals surface area (Å²) in [6, 6.07) is 9.35. The van der Waals surface area contributed by atoms with Gasteiger partial charge in [-0.3, -0.25) is 0 Å². The van der Waals surface area contributed by atoms with Crippen LogP contribution in [0.4, 0.5) is 0 Å². The Morgan fingerprint density at radius 1 is 1.35 bits per heavy atom. The minimum absolute atomic E-state index is 0.183. The van der Waals surface area contributed by atoms with Crippen LogP contribution in [0.5, 0.6) is 0 Å². The van der Waals surface area contributed by atoms with Crippen LogP contribution < -0.4 is 0 Å². The summed E-state index contributed by atoms with van der Waals surface area (Å²) in [4.78, 5) is 22.6. The Kier molecular flexibility index (Phi) is 3.23. The lowest BCUT2D eigenvalue weighted by Crippen LogP contribution is -1.97. The molecule has 3 aromatic rings. The van der Waals surface area contributed by atoms with Crippen molar-refractivity contribution in [2.24, 2.45) is 0 Å². The minimum Gasteiger partial charge on any atom is -0.478 e. The highest BCUT2D eigenvalue weighted by Crippen LogP contribution is 2.18. The molecule has 1 aromatic carbocycles. The van der Waals surface area contributed by atoms with Gasteiger partial charge in [0, 0.05) is 17.1 Å². The highest BCUT2D eigenvalue weighted by Gasteiger charge is 2.13. The molecule has 3 rings (SSSR count). The van der Waals surface area contributed by atoms with Crippen LogP contribution in [0.1, 0.15) is 21.7 Å². The number of aromatic carboxylic acids is 1. The van der Waals surface area contributed by atoms with E-state index < -0.39 is 5.97 Å². The fourth-order valence-electron chi connectivity index (χ4n) is 2.06. The number of hydrogen-bond acceptors (Lipinski definition) is 3. The molecule has 0 radical (unpaired) electrons. The van der Waals surface area contributed by atoms with Gasteiger partial charge in [0.2, 0.25) is 0 Å². The number of fused-ring (bicyclic) bond motifs is 1. The zero-order valence-corrected chi connectivity index (χ0v) is 11.9. The van der Waals surface area contributed by atoms with Gasteiger partial charge in [-0.15, -0.1) is 0 Å². The molecular weight excluding hydrogens is 322 g/mol. The fourth-order valence-corrected chi connectivity index (χ4v) is 2.51. The summed E-state index contributed by atoms with van der Waals surface area (Å²) in [6.45, 7) is 0. The van der Waals surface area contributed by atoms with Gasteiger partial charge in [0.25, 0.3) is 0 Å². The number of pyridine rings is 1. The van der Waals surface area contributed by atoms with Gasteiger partial charge in [0.1, 0.15) is 5.82 Å². The van der Waals surface area contributed by atoms with E-state index in [1.54, 1.807) is 0 Å². The van der Waals surface area contributed by atoms with Crippen molar-refractivity contribution in [2.75, 3.05) is 0 Å². The molecule has 20 heavy (non-hydrogen) atoms. The molecule has 0 fully saturated rings. The van der Waals surface area contributed by atoms with E-state index in [-0.39, 0.29) is 5.56 Å². The molecule has 5 nitrogen and oxygen atoms in total. The molecule has 100 valence electrons. The van der Waals surface area contributed by atoms with Crippen molar-refractivity contribution in [3.05, 3.63) is 58.0 Å². The van der Waals surface area contributed by atoms with Crippen LogP contribution >= 0.6 is 15.9 Å². The maximum absolute atomic E-state index is 11.1. The number of carbonyl (C=O) groups is 1. The molecule has 0 aliphatic carbocycles. The summed E-state index contributed by atoms with van der Waals surface area (Å²) in [5, 5.41) is 9.14. The third-order valence-electron chi connectivity index (χ3n) is 2.93. The first-order valence-corrected chi connectivity index (χ1v) is 6.74. The fraction of sp³-hybridized carbons (Fsp3) is 0.0714. The minimum atomic E-state index is -0.991. The Balaban J connectivity index is 2.01. The molecule has 2 aromatic heterocycles. The highest BCUT2D eigenvalue weighted by atomic mass is 79.9. The van der Waals surface area contributed by atoms with E-state index in [1.165, 1.54) is 12.3 Å². The molecule has 6 heteroatoms. The molecule has 0 aliphatic rings. The molecule has 0 amide bonds. The summed E-state index contributed by atoms with van der Waals surface area (Å²) in [6.07, 6.45) is 2.05. The Labute approximate surface area is 122 Å². The number of aromatic nitrogens is 3. The van der Waals surface area contributed by atoms with Crippen LogP contribution in [-0.2, 0) is 6.42 Å². The lowest BCUT2D eigenvalue weighted by molar-refractivity contribution is 0.0698. The zero-order chi connectivity index (χ0) is 14.1. The second-order valence-electron chi connectivity index (χ2n) is 4.35. The molecule has 0 bridgehead atoms. The predicted molar refractivity (Wildman–Crippen MR) is 77.8 cm³/mol. The quantitative estimate of drug-likeness (QED) is 0.773. The number of carboxylic acids is 1. The van der Waals surface area contributed by atoms with Crippen LogP contribution in [0.15, 0.2) is 41.0 Å². The molecule has 0 unspecified atom stereocenters. The molecule has 2 heterocycles. The largest absolute Gasteiger partial charge is 0.478 e. The van der Waals surface area contributed by atoms with Crippen molar-refractivity contribution in [3.63, 3.8) is 0 Å². The van der Waals surface area contributed by atoms with Crippen molar-refractivity contribution in [1.29, 1.82) is 0 Å². The van der Waals surface area contributed by atoms with Gasteiger partial charge < -0.3 is 10.1 Å². The lowest BCUT2D eigenvalue weighted by atomic mass is 10.1. The van der Waals surface area contributed by atoms with E-state index in [0.29, 0.717) is 23.4 Å². The summed E-state index contributed by atoms with van der Waals surface area (Å²) in [5.41, 5.74) is 2.15. The Bertz CT molecular complexity index is 798. The average molecular weight is 332 g/mol. The van der Waals surface area contributed by atoms with E-state index in [4.69, 9.17) is 5.11 Å². The number of hydrogen-bond donors (Lipinski definition) is 2. The molecular formula is C14H10BrN3O2. The van der Waals surface area contributed by atoms with Gasteiger partial charge in [-0.25, -0.2) is 14.8 Å². The first kappa shape index (κ1) is 12.8. The number of aromatic amines is 1. The standard InChI is InChI=1S/C14H10BrN3O2/c15-9-3-1-2-8(6-9)7-11-17-12-10(14(19)20)4-5-16-13(12)18-11/h1-6H,7H2,(H,19,20)(H,16,17,18). The van der Waals surface area contributed by atoms with Crippen LogP contribution in [-0.4, -0.2) is 26.0 Å². The average Bonchev–Trinajstić information content (AvgIpc) is 2.80. The molecule has 0 spiro atoms. The zero-order valence-electron chi connectivity index (χ0n) is 10.3. The maximum atomic E-state index is 11.1. The van der Waals surface area contributed by atoms with Crippen molar-refractivity contribution >= 4 is 33.1 Å². The van der Waals surface area contributed by atoms with Gasteiger partial charge >= 0.3 is 5.97 Å². The normalized spacial score (nSPS) is 10.8. The van der Waals surface area contributed by atoms with Gasteiger partial charge in [-0.2, -0.15) is 0 Å². The smallest absolute Gasteiger partial charge is 0.338 e. The van der Waals surface area contributed by atoms with Crippen molar-refractivity contribution < 1.29 is 9.90 Å². The van der Waals surface area contributed by atoms with E-state index in [0.717, 1.165) is 10.0 Å². The van der Waals surface area contributed by atoms with Crippen LogP contribution in [0, 0.1) is 0 Å². The van der Waals surface area contributed by atoms with E-state index in [1.807, 2.05) is 24.3 Å². The molecule has 0 atom stereocenters. The first-order valence-electron chi connectivity index (χ1n) is 5.95. The number of nitrogens with zero attached hydrogens (tertiary/aromatic N) is 2. The molecule has 0 aliphatic heterocycles. The third kappa shape index (κ3) is 2.42. The SMILES string of the molecule is O=C(O)c1ccnc2nc(Cc3cccc(Br)c3)[nH]c12. The Hall–Kier alpha value is -2.21. The van der Waals surface area contributed by atoms with Crippen LogP contribution in [0.2, 0.25) is 0 Å². The second kappa shape index (κ2) is 5.05. The van der Waals surface area contributed by atoms with E-state index in [9.17, 15) is 4.79 Å². The summed E-state index contributed by atoms with van der Waals surface area (Å²) in [7, 11) is 0. The van der Waals surface area contributed by atoms with E-state index >= 15 is 0 Å². The van der Waals surface area contributed by atoms with Gasteiger partial charge in [0.15, 0.2) is 5.65 Å². The molecule has 0 saturated heterocycles. The summed E-state index contributed by atoms with van der Waals surface area (Å²) < 4.78 is 0.996. The first-order chi connectivity index (χ1) is 9.63. The van der Waals surface area contributed by atoms with Crippen LogP contribution in [0.25, 0.3) is 11.2 Å². The number of rotatable bonds is 3. The number of halogens is 1. The number of nitrogens with one attached hydrogen (secondary N) is 1. The predicted octanol–water partition coefficient (Wildman–Crippen LogP) is 3.01. The number of benzene rings is 1. The topological polar surface area (TPSA) is 78.9 Å². The van der Waals surface area contributed by atoms with Gasteiger partial charge in [0.05, 0.1) is 11.1 Å². The summed E-state index contributed by atoms with van der Waals surface area (Å²) >= 11 is 3.42. The highest BCUT2D eigenvalue weighted by molar-refractivity contribution is 9.10. The Morgan fingerprint density at radius 2 is 2.20 bits per heavy atom.